The van der Waals surface area contributed by atoms with Gasteiger partial charge in [0.2, 0.25) is 0 Å². The van der Waals surface area contributed by atoms with Gasteiger partial charge in [-0.1, -0.05) is 26.0 Å². The molecule has 0 aliphatic rings. The van der Waals surface area contributed by atoms with Crippen molar-refractivity contribution in [3.8, 4) is 0 Å². The maximum absolute atomic E-state index is 12.0. The molecule has 0 aromatic heterocycles. The van der Waals surface area contributed by atoms with Gasteiger partial charge in [-0.15, -0.1) is 0 Å². The number of carbonyl (C=O) groups is 1. The van der Waals surface area contributed by atoms with E-state index in [2.05, 4.69) is 0 Å². The Labute approximate surface area is 103 Å². The Hall–Kier alpha value is -1.51. The van der Waals surface area contributed by atoms with Crippen LogP contribution in [0.1, 0.15) is 49.2 Å². The van der Waals surface area contributed by atoms with E-state index < -0.39 is 0 Å². The second kappa shape index (κ2) is 5.71. The Kier molecular flexibility index (Phi) is 4.55. The molecular weight excluding hydrogens is 214 g/mol. The van der Waals surface area contributed by atoms with Crippen LogP contribution in [0.25, 0.3) is 0 Å². The van der Waals surface area contributed by atoms with E-state index in [0.29, 0.717) is 11.3 Å². The molecule has 0 bridgehead atoms. The molecule has 3 heteroatoms. The molecular formula is C14H21NO2. The number of nitrogens with two attached hydrogens (primary N) is 1. The van der Waals surface area contributed by atoms with Crippen LogP contribution in [0.15, 0.2) is 12.1 Å². The van der Waals surface area contributed by atoms with Crippen molar-refractivity contribution in [3.05, 3.63) is 28.8 Å². The van der Waals surface area contributed by atoms with Gasteiger partial charge in [-0.2, -0.15) is 0 Å². The first-order valence-corrected chi connectivity index (χ1v) is 6.12. The molecule has 0 spiro atoms. The van der Waals surface area contributed by atoms with Gasteiger partial charge in [0.25, 0.3) is 0 Å². The molecule has 1 rings (SSSR count). The average molecular weight is 235 g/mol. The van der Waals surface area contributed by atoms with Crippen LogP contribution in [0.5, 0.6) is 0 Å². The minimum absolute atomic E-state index is 0.128. The zero-order valence-electron chi connectivity index (χ0n) is 11.0. The largest absolute Gasteiger partial charge is 0.459 e. The number of benzene rings is 1. The van der Waals surface area contributed by atoms with Gasteiger partial charge >= 0.3 is 5.97 Å². The second-order valence-electron chi connectivity index (χ2n) is 4.33. The summed E-state index contributed by atoms with van der Waals surface area (Å²) < 4.78 is 5.24. The first-order valence-electron chi connectivity index (χ1n) is 6.12. The van der Waals surface area contributed by atoms with Crippen molar-refractivity contribution in [1.82, 2.24) is 0 Å². The minimum atomic E-state index is -0.315. The molecule has 0 radical (unpaired) electrons. The molecule has 0 atom stereocenters. The summed E-state index contributed by atoms with van der Waals surface area (Å²) in [5, 5.41) is 0. The fraction of sp³-hybridized carbons (Fsp3) is 0.500. The molecule has 0 unspecified atom stereocenters. The summed E-state index contributed by atoms with van der Waals surface area (Å²) in [6.45, 7) is 7.70. The number of esters is 1. The van der Waals surface area contributed by atoms with Gasteiger partial charge < -0.3 is 10.5 Å². The van der Waals surface area contributed by atoms with Crippen LogP contribution in [0, 0.1) is 0 Å². The van der Waals surface area contributed by atoms with Crippen LogP contribution in [0.4, 0.5) is 5.69 Å². The lowest BCUT2D eigenvalue weighted by atomic mass is 9.98. The molecule has 2 N–H and O–H groups in total. The van der Waals surface area contributed by atoms with E-state index in [0.717, 1.165) is 24.0 Å². The van der Waals surface area contributed by atoms with Crippen molar-refractivity contribution in [1.29, 1.82) is 0 Å². The summed E-state index contributed by atoms with van der Waals surface area (Å²) >= 11 is 0. The molecule has 1 aromatic carbocycles. The smallest absolute Gasteiger partial charge is 0.340 e. The molecule has 1 aromatic rings. The van der Waals surface area contributed by atoms with Crippen molar-refractivity contribution in [2.75, 3.05) is 5.73 Å². The maximum atomic E-state index is 12.0. The molecule has 0 amide bonds. The number of anilines is 1. The van der Waals surface area contributed by atoms with Crippen LogP contribution in [0.3, 0.4) is 0 Å². The first-order chi connectivity index (χ1) is 8.01. The summed E-state index contributed by atoms with van der Waals surface area (Å²) in [5.74, 6) is -0.315. The van der Waals surface area contributed by atoms with Gasteiger partial charge in [-0.25, -0.2) is 4.79 Å². The molecule has 0 saturated heterocycles. The number of carbonyl (C=O) groups excluding carboxylic acids is 1. The van der Waals surface area contributed by atoms with Crippen LogP contribution in [-0.4, -0.2) is 12.1 Å². The topological polar surface area (TPSA) is 52.3 Å². The molecule has 0 heterocycles. The van der Waals surface area contributed by atoms with E-state index in [1.807, 2.05) is 39.8 Å². The standard InChI is InChI=1S/C14H21NO2/c1-5-10-7-8-11(6-2)13(15)12(10)14(16)17-9(3)4/h7-9H,5-6,15H2,1-4H3. The number of hydrogen-bond acceptors (Lipinski definition) is 3. The van der Waals surface area contributed by atoms with Gasteiger partial charge in [0.15, 0.2) is 0 Å². The van der Waals surface area contributed by atoms with E-state index in [9.17, 15) is 4.79 Å². The van der Waals surface area contributed by atoms with Crippen LogP contribution < -0.4 is 5.73 Å². The predicted molar refractivity (Wildman–Crippen MR) is 70.2 cm³/mol. The van der Waals surface area contributed by atoms with Crippen molar-refractivity contribution >= 4 is 11.7 Å². The first kappa shape index (κ1) is 13.6. The summed E-state index contributed by atoms with van der Waals surface area (Å²) in [6.07, 6.45) is 1.46. The van der Waals surface area contributed by atoms with Gasteiger partial charge in [0.1, 0.15) is 0 Å². The zero-order valence-corrected chi connectivity index (χ0v) is 11.0. The summed E-state index contributed by atoms with van der Waals surface area (Å²) in [7, 11) is 0. The quantitative estimate of drug-likeness (QED) is 0.644. The highest BCUT2D eigenvalue weighted by molar-refractivity contribution is 5.97. The zero-order chi connectivity index (χ0) is 13.0. The lowest BCUT2D eigenvalue weighted by Crippen LogP contribution is -2.16. The minimum Gasteiger partial charge on any atom is -0.459 e. The number of hydrogen-bond donors (Lipinski definition) is 1. The Bertz CT molecular complexity index is 411. The maximum Gasteiger partial charge on any atom is 0.340 e. The number of rotatable bonds is 4. The molecule has 17 heavy (non-hydrogen) atoms. The van der Waals surface area contributed by atoms with Crippen molar-refractivity contribution < 1.29 is 9.53 Å². The highest BCUT2D eigenvalue weighted by Crippen LogP contribution is 2.24. The predicted octanol–water partition coefficient (Wildman–Crippen LogP) is 2.96. The fourth-order valence-electron chi connectivity index (χ4n) is 1.82. The van der Waals surface area contributed by atoms with E-state index in [4.69, 9.17) is 10.5 Å². The van der Waals surface area contributed by atoms with Crippen LogP contribution in [0.2, 0.25) is 0 Å². The molecule has 0 saturated carbocycles. The Balaban J connectivity index is 3.23. The number of nitrogen functional groups attached to an aromatic ring is 1. The second-order valence-corrected chi connectivity index (χ2v) is 4.33. The lowest BCUT2D eigenvalue weighted by Gasteiger charge is -2.15. The number of aryl methyl sites for hydroxylation is 2. The Morgan fingerprint density at radius 3 is 2.24 bits per heavy atom. The highest BCUT2D eigenvalue weighted by atomic mass is 16.5. The van der Waals surface area contributed by atoms with E-state index in [1.165, 1.54) is 0 Å². The van der Waals surface area contributed by atoms with E-state index >= 15 is 0 Å². The third-order valence-electron chi connectivity index (χ3n) is 2.73. The SMILES string of the molecule is CCc1ccc(CC)c(C(=O)OC(C)C)c1N. The number of ether oxygens (including phenoxy) is 1. The van der Waals surface area contributed by atoms with Gasteiger partial charge in [-0.3, -0.25) is 0 Å². The van der Waals surface area contributed by atoms with E-state index in [1.54, 1.807) is 0 Å². The fourth-order valence-corrected chi connectivity index (χ4v) is 1.82. The average Bonchev–Trinajstić information content (AvgIpc) is 2.27. The normalized spacial score (nSPS) is 10.6. The lowest BCUT2D eigenvalue weighted by molar-refractivity contribution is 0.0378. The third kappa shape index (κ3) is 2.99. The molecule has 3 nitrogen and oxygen atoms in total. The van der Waals surface area contributed by atoms with Gasteiger partial charge in [0.05, 0.1) is 11.7 Å². The van der Waals surface area contributed by atoms with Crippen LogP contribution in [-0.2, 0) is 17.6 Å². The molecule has 0 fully saturated rings. The van der Waals surface area contributed by atoms with Gasteiger partial charge in [-0.05, 0) is 37.8 Å². The summed E-state index contributed by atoms with van der Waals surface area (Å²) in [4.78, 5) is 12.0. The molecule has 94 valence electrons. The van der Waals surface area contributed by atoms with Crippen molar-refractivity contribution in [2.45, 2.75) is 46.6 Å². The third-order valence-corrected chi connectivity index (χ3v) is 2.73. The summed E-state index contributed by atoms with van der Waals surface area (Å²) in [6, 6.07) is 3.95. The van der Waals surface area contributed by atoms with E-state index in [-0.39, 0.29) is 12.1 Å². The van der Waals surface area contributed by atoms with Gasteiger partial charge in [0, 0.05) is 5.69 Å². The monoisotopic (exact) mass is 235 g/mol. The van der Waals surface area contributed by atoms with Crippen molar-refractivity contribution in [3.63, 3.8) is 0 Å². The highest BCUT2D eigenvalue weighted by Gasteiger charge is 2.18. The molecule has 0 aliphatic heterocycles. The Morgan fingerprint density at radius 2 is 1.76 bits per heavy atom. The Morgan fingerprint density at radius 1 is 1.24 bits per heavy atom. The summed E-state index contributed by atoms with van der Waals surface area (Å²) in [5.41, 5.74) is 9.10. The molecule has 0 aliphatic carbocycles. The van der Waals surface area contributed by atoms with Crippen LogP contribution >= 0.6 is 0 Å². The van der Waals surface area contributed by atoms with Crippen molar-refractivity contribution in [2.24, 2.45) is 0 Å².